The summed E-state index contributed by atoms with van der Waals surface area (Å²) in [4.78, 5) is 11.2. The lowest BCUT2D eigenvalue weighted by molar-refractivity contribution is -0.138. The van der Waals surface area contributed by atoms with E-state index in [2.05, 4.69) is 15.9 Å². The Bertz CT molecular complexity index is 557. The molecule has 3 rings (SSSR count). The summed E-state index contributed by atoms with van der Waals surface area (Å²) in [6, 6.07) is 0. The first-order chi connectivity index (χ1) is 9.42. The Balaban J connectivity index is 2.23. The van der Waals surface area contributed by atoms with Gasteiger partial charge in [0.2, 0.25) is 0 Å². The lowest BCUT2D eigenvalue weighted by Gasteiger charge is -2.28. The van der Waals surface area contributed by atoms with E-state index in [0.29, 0.717) is 13.2 Å². The van der Waals surface area contributed by atoms with Crippen molar-refractivity contribution in [2.24, 2.45) is 0 Å². The molecule has 4 nitrogen and oxygen atoms in total. The van der Waals surface area contributed by atoms with Crippen molar-refractivity contribution in [1.82, 2.24) is 0 Å². The van der Waals surface area contributed by atoms with Crippen LogP contribution in [0.25, 0.3) is 0 Å². The predicted molar refractivity (Wildman–Crippen MR) is 77.8 cm³/mol. The van der Waals surface area contributed by atoms with Crippen molar-refractivity contribution in [3.63, 3.8) is 0 Å². The average molecular weight is 341 g/mol. The molecule has 2 heterocycles. The summed E-state index contributed by atoms with van der Waals surface area (Å²) in [5.41, 5.74) is 2.75. The minimum Gasteiger partial charge on any atom is -0.493 e. The summed E-state index contributed by atoms with van der Waals surface area (Å²) < 4.78 is 12.5. The summed E-state index contributed by atoms with van der Waals surface area (Å²) in [6.45, 7) is 5.22. The van der Waals surface area contributed by atoms with Crippen LogP contribution < -0.4 is 9.47 Å². The SMILES string of the molecule is CC(C)(CC(=O)O)c1c2c(c(Br)c3c1OCC3)OCC2. The van der Waals surface area contributed by atoms with Crippen LogP contribution in [0.2, 0.25) is 0 Å². The third-order valence-corrected chi connectivity index (χ3v) is 4.85. The topological polar surface area (TPSA) is 55.8 Å². The standard InChI is InChI=1S/C15H17BrO4/c1-15(2,7-10(17)18)11-8-3-5-20-14(8)12(16)9-4-6-19-13(9)11/h3-7H2,1-2H3,(H,17,18). The van der Waals surface area contributed by atoms with Gasteiger partial charge in [-0.3, -0.25) is 4.79 Å². The van der Waals surface area contributed by atoms with E-state index < -0.39 is 11.4 Å². The van der Waals surface area contributed by atoms with E-state index in [4.69, 9.17) is 9.47 Å². The van der Waals surface area contributed by atoms with E-state index in [-0.39, 0.29) is 6.42 Å². The van der Waals surface area contributed by atoms with E-state index >= 15 is 0 Å². The Labute approximate surface area is 126 Å². The van der Waals surface area contributed by atoms with Gasteiger partial charge in [0.15, 0.2) is 0 Å². The molecule has 0 amide bonds. The van der Waals surface area contributed by atoms with Gasteiger partial charge in [-0.05, 0) is 15.9 Å². The highest BCUT2D eigenvalue weighted by Gasteiger charge is 2.38. The summed E-state index contributed by atoms with van der Waals surface area (Å²) >= 11 is 3.61. The predicted octanol–water partition coefficient (Wildman–Crippen LogP) is 3.07. The van der Waals surface area contributed by atoms with E-state index in [0.717, 1.165) is 45.5 Å². The molecule has 0 saturated heterocycles. The summed E-state index contributed by atoms with van der Waals surface area (Å²) in [6.07, 6.45) is 1.72. The molecule has 5 heteroatoms. The number of fused-ring (bicyclic) bond motifs is 2. The summed E-state index contributed by atoms with van der Waals surface area (Å²) in [7, 11) is 0. The number of benzene rings is 1. The van der Waals surface area contributed by atoms with Crippen LogP contribution in [0.5, 0.6) is 11.5 Å². The number of carboxylic acids is 1. The molecule has 0 aromatic heterocycles. The van der Waals surface area contributed by atoms with Gasteiger partial charge in [-0.15, -0.1) is 0 Å². The number of rotatable bonds is 3. The molecule has 108 valence electrons. The second-order valence-corrected chi connectivity index (χ2v) is 6.75. The smallest absolute Gasteiger partial charge is 0.304 e. The van der Waals surface area contributed by atoms with Crippen molar-refractivity contribution in [3.05, 3.63) is 21.2 Å². The Morgan fingerprint density at radius 3 is 2.45 bits per heavy atom. The minimum atomic E-state index is -0.794. The van der Waals surface area contributed by atoms with Crippen LogP contribution in [0.1, 0.15) is 37.0 Å². The molecule has 2 aliphatic rings. The molecule has 0 bridgehead atoms. The molecule has 0 spiro atoms. The molecule has 1 aromatic rings. The Hall–Kier alpha value is -1.23. The van der Waals surface area contributed by atoms with Crippen molar-refractivity contribution < 1.29 is 19.4 Å². The van der Waals surface area contributed by atoms with Crippen LogP contribution in [-0.2, 0) is 23.1 Å². The summed E-state index contributed by atoms with van der Waals surface area (Å²) in [5.74, 6) is 0.951. The monoisotopic (exact) mass is 340 g/mol. The van der Waals surface area contributed by atoms with Crippen molar-refractivity contribution in [1.29, 1.82) is 0 Å². The maximum atomic E-state index is 11.2. The quantitative estimate of drug-likeness (QED) is 0.918. The third-order valence-electron chi connectivity index (χ3n) is 4.01. The number of hydrogen-bond acceptors (Lipinski definition) is 3. The molecule has 2 aliphatic heterocycles. The molecule has 0 fully saturated rings. The first kappa shape index (κ1) is 13.7. The van der Waals surface area contributed by atoms with Crippen molar-refractivity contribution >= 4 is 21.9 Å². The van der Waals surface area contributed by atoms with E-state index in [1.54, 1.807) is 0 Å². The molecular formula is C15H17BrO4. The number of halogens is 1. The highest BCUT2D eigenvalue weighted by molar-refractivity contribution is 9.10. The average Bonchev–Trinajstić information content (AvgIpc) is 2.94. The number of carbonyl (C=O) groups is 1. The lowest BCUT2D eigenvalue weighted by Crippen LogP contribution is -2.24. The van der Waals surface area contributed by atoms with Gasteiger partial charge < -0.3 is 14.6 Å². The van der Waals surface area contributed by atoms with Gasteiger partial charge >= 0.3 is 5.97 Å². The molecule has 0 aliphatic carbocycles. The molecular weight excluding hydrogens is 324 g/mol. The van der Waals surface area contributed by atoms with E-state index in [9.17, 15) is 9.90 Å². The molecule has 0 radical (unpaired) electrons. The molecule has 0 atom stereocenters. The van der Waals surface area contributed by atoms with Crippen molar-refractivity contribution in [2.45, 2.75) is 38.5 Å². The van der Waals surface area contributed by atoms with Crippen LogP contribution in [0, 0.1) is 0 Å². The number of carboxylic acid groups (broad SMARTS) is 1. The molecule has 20 heavy (non-hydrogen) atoms. The van der Waals surface area contributed by atoms with E-state index in [1.165, 1.54) is 0 Å². The maximum absolute atomic E-state index is 11.2. The van der Waals surface area contributed by atoms with Crippen LogP contribution in [-0.4, -0.2) is 24.3 Å². The fraction of sp³-hybridized carbons (Fsp3) is 0.533. The fourth-order valence-corrected chi connectivity index (χ4v) is 3.97. The van der Waals surface area contributed by atoms with Gasteiger partial charge in [-0.2, -0.15) is 0 Å². The van der Waals surface area contributed by atoms with Crippen LogP contribution >= 0.6 is 15.9 Å². The first-order valence-corrected chi connectivity index (χ1v) is 7.56. The number of aliphatic carboxylic acids is 1. The maximum Gasteiger partial charge on any atom is 0.304 e. The Kier molecular flexibility index (Phi) is 3.20. The van der Waals surface area contributed by atoms with Crippen molar-refractivity contribution in [3.8, 4) is 11.5 Å². The van der Waals surface area contributed by atoms with Crippen molar-refractivity contribution in [2.75, 3.05) is 13.2 Å². The minimum absolute atomic E-state index is 0.0802. The second kappa shape index (κ2) is 4.65. The molecule has 1 N–H and O–H groups in total. The number of hydrogen-bond donors (Lipinski definition) is 1. The molecule has 1 aromatic carbocycles. The zero-order valence-electron chi connectivity index (χ0n) is 11.6. The van der Waals surface area contributed by atoms with Gasteiger partial charge in [0.05, 0.1) is 24.1 Å². The molecule has 0 saturated carbocycles. The van der Waals surface area contributed by atoms with Gasteiger partial charge in [0, 0.05) is 34.9 Å². The highest BCUT2D eigenvalue weighted by Crippen LogP contribution is 2.51. The fourth-order valence-electron chi connectivity index (χ4n) is 3.23. The van der Waals surface area contributed by atoms with Crippen LogP contribution in [0.15, 0.2) is 4.47 Å². The lowest BCUT2D eigenvalue weighted by atomic mass is 9.77. The zero-order valence-corrected chi connectivity index (χ0v) is 13.2. The van der Waals surface area contributed by atoms with E-state index in [1.807, 2.05) is 13.8 Å². The largest absolute Gasteiger partial charge is 0.493 e. The van der Waals surface area contributed by atoms with Gasteiger partial charge in [0.25, 0.3) is 0 Å². The molecule has 0 unspecified atom stereocenters. The zero-order chi connectivity index (χ0) is 14.5. The highest BCUT2D eigenvalue weighted by atomic mass is 79.9. The Morgan fingerprint density at radius 2 is 1.80 bits per heavy atom. The van der Waals surface area contributed by atoms with Gasteiger partial charge in [0.1, 0.15) is 11.5 Å². The van der Waals surface area contributed by atoms with Crippen LogP contribution in [0.4, 0.5) is 0 Å². The normalized spacial score (nSPS) is 16.4. The van der Waals surface area contributed by atoms with Gasteiger partial charge in [-0.25, -0.2) is 0 Å². The second-order valence-electron chi connectivity index (χ2n) is 5.96. The Morgan fingerprint density at radius 1 is 1.20 bits per heavy atom. The number of ether oxygens (including phenoxy) is 2. The first-order valence-electron chi connectivity index (χ1n) is 6.77. The van der Waals surface area contributed by atoms with Crippen LogP contribution in [0.3, 0.4) is 0 Å². The summed E-state index contributed by atoms with van der Waals surface area (Å²) in [5, 5.41) is 9.18. The third kappa shape index (κ3) is 1.99. The van der Waals surface area contributed by atoms with Gasteiger partial charge in [-0.1, -0.05) is 13.8 Å².